The molecule has 4 rings (SSSR count). The molecule has 2 aliphatic heterocycles. The number of imidazole rings is 1. The molecule has 134 valence electrons. The minimum Gasteiger partial charge on any atom is -0.388 e. The molecule has 1 aromatic carbocycles. The second-order valence-corrected chi connectivity index (χ2v) is 7.34. The smallest absolute Gasteiger partial charge is 0.140 e. The molecule has 0 spiro atoms. The fourth-order valence-electron chi connectivity index (χ4n) is 3.92. The summed E-state index contributed by atoms with van der Waals surface area (Å²) in [5, 5.41) is 14.2. The summed E-state index contributed by atoms with van der Waals surface area (Å²) >= 11 is 0. The van der Waals surface area contributed by atoms with Crippen molar-refractivity contribution < 1.29 is 9.84 Å². The average molecular weight is 341 g/mol. The summed E-state index contributed by atoms with van der Waals surface area (Å²) in [7, 11) is 0. The molecule has 5 nitrogen and oxygen atoms in total. The summed E-state index contributed by atoms with van der Waals surface area (Å²) in [5.41, 5.74) is 2.83. The Morgan fingerprint density at radius 3 is 2.72 bits per heavy atom. The molecule has 2 aliphatic rings. The number of aromatic nitrogens is 2. The first kappa shape index (κ1) is 16.6. The van der Waals surface area contributed by atoms with Gasteiger partial charge in [0, 0.05) is 55.7 Å². The normalized spacial score (nSPS) is 20.7. The van der Waals surface area contributed by atoms with E-state index in [-0.39, 0.29) is 6.04 Å². The Balaban J connectivity index is 1.48. The molecule has 5 heteroatoms. The molecule has 1 aromatic heterocycles. The van der Waals surface area contributed by atoms with Crippen LogP contribution in [0.1, 0.15) is 38.3 Å². The first-order chi connectivity index (χ1) is 12.2. The lowest BCUT2D eigenvalue weighted by Gasteiger charge is -2.38. The second-order valence-electron chi connectivity index (χ2n) is 7.34. The van der Waals surface area contributed by atoms with Crippen molar-refractivity contribution in [2.24, 2.45) is 0 Å². The Morgan fingerprint density at radius 2 is 1.96 bits per heavy atom. The van der Waals surface area contributed by atoms with E-state index in [4.69, 9.17) is 4.74 Å². The summed E-state index contributed by atoms with van der Waals surface area (Å²) in [5.74, 6) is 1.07. The summed E-state index contributed by atoms with van der Waals surface area (Å²) in [6.07, 6.45) is 7.00. The van der Waals surface area contributed by atoms with Gasteiger partial charge in [-0.2, -0.15) is 0 Å². The number of benzene rings is 1. The number of ether oxygens (including phenoxy) is 1. The van der Waals surface area contributed by atoms with Gasteiger partial charge in [0.25, 0.3) is 0 Å². The highest BCUT2D eigenvalue weighted by molar-refractivity contribution is 5.61. The zero-order valence-corrected chi connectivity index (χ0v) is 14.9. The molecule has 25 heavy (non-hydrogen) atoms. The molecule has 0 bridgehead atoms. The third kappa shape index (κ3) is 3.31. The maximum absolute atomic E-state index is 10.8. The van der Waals surface area contributed by atoms with Crippen molar-refractivity contribution in [3.8, 4) is 11.4 Å². The SMILES string of the molecule is CC(Nc1ccc(-c2ncc3n2CCCC3)cc1)C1(O)CCOCC1. The Labute approximate surface area is 149 Å². The van der Waals surface area contributed by atoms with Crippen LogP contribution in [0, 0.1) is 0 Å². The van der Waals surface area contributed by atoms with E-state index in [2.05, 4.69) is 39.1 Å². The molecule has 1 unspecified atom stereocenters. The topological polar surface area (TPSA) is 59.3 Å². The Kier molecular flexibility index (Phi) is 4.52. The summed E-state index contributed by atoms with van der Waals surface area (Å²) < 4.78 is 7.72. The van der Waals surface area contributed by atoms with E-state index in [0.29, 0.717) is 26.1 Å². The van der Waals surface area contributed by atoms with E-state index < -0.39 is 5.60 Å². The van der Waals surface area contributed by atoms with Crippen LogP contribution in [-0.2, 0) is 17.7 Å². The van der Waals surface area contributed by atoms with Crippen LogP contribution in [0.5, 0.6) is 0 Å². The third-order valence-corrected chi connectivity index (χ3v) is 5.69. The predicted molar refractivity (Wildman–Crippen MR) is 98.7 cm³/mol. The second kappa shape index (κ2) is 6.81. The number of aliphatic hydroxyl groups is 1. The standard InChI is InChI=1S/C20H27N3O2/c1-15(20(24)9-12-25-13-10-20)22-17-7-5-16(6-8-17)19-21-14-18-4-2-3-11-23(18)19/h5-8,14-15,22,24H,2-4,9-13H2,1H3. The van der Waals surface area contributed by atoms with Gasteiger partial charge < -0.3 is 19.7 Å². The van der Waals surface area contributed by atoms with E-state index in [1.54, 1.807) is 0 Å². The molecule has 1 fully saturated rings. The number of rotatable bonds is 4. The lowest BCUT2D eigenvalue weighted by atomic mass is 9.87. The Hall–Kier alpha value is -1.85. The van der Waals surface area contributed by atoms with Gasteiger partial charge in [0.15, 0.2) is 0 Å². The van der Waals surface area contributed by atoms with E-state index in [9.17, 15) is 5.11 Å². The van der Waals surface area contributed by atoms with Crippen LogP contribution in [0.25, 0.3) is 11.4 Å². The lowest BCUT2D eigenvalue weighted by molar-refractivity contribution is -0.0711. The molecule has 2 aromatic rings. The maximum Gasteiger partial charge on any atom is 0.140 e. The molecule has 1 atom stereocenters. The van der Waals surface area contributed by atoms with Crippen molar-refractivity contribution in [3.05, 3.63) is 36.2 Å². The van der Waals surface area contributed by atoms with Gasteiger partial charge in [0.05, 0.1) is 11.6 Å². The predicted octanol–water partition coefficient (Wildman–Crippen LogP) is 3.23. The third-order valence-electron chi connectivity index (χ3n) is 5.69. The van der Waals surface area contributed by atoms with Gasteiger partial charge in [-0.05, 0) is 50.5 Å². The fourth-order valence-corrected chi connectivity index (χ4v) is 3.92. The molecule has 0 amide bonds. The van der Waals surface area contributed by atoms with Gasteiger partial charge in [0.1, 0.15) is 5.82 Å². The largest absolute Gasteiger partial charge is 0.388 e. The minimum absolute atomic E-state index is 0.0126. The Morgan fingerprint density at radius 1 is 1.20 bits per heavy atom. The fraction of sp³-hybridized carbons (Fsp3) is 0.550. The highest BCUT2D eigenvalue weighted by Crippen LogP contribution is 2.29. The van der Waals surface area contributed by atoms with Gasteiger partial charge in [-0.1, -0.05) is 0 Å². The molecule has 0 radical (unpaired) electrons. The van der Waals surface area contributed by atoms with Crippen molar-refractivity contribution in [1.82, 2.24) is 9.55 Å². The zero-order chi connectivity index (χ0) is 17.3. The molecule has 0 aliphatic carbocycles. The number of hydrogen-bond donors (Lipinski definition) is 2. The molecule has 2 N–H and O–H groups in total. The number of anilines is 1. The van der Waals surface area contributed by atoms with E-state index in [1.165, 1.54) is 18.5 Å². The van der Waals surface area contributed by atoms with Crippen molar-refractivity contribution >= 4 is 5.69 Å². The number of aryl methyl sites for hydroxylation is 1. The maximum atomic E-state index is 10.8. The first-order valence-electron chi connectivity index (χ1n) is 9.37. The van der Waals surface area contributed by atoms with E-state index in [0.717, 1.165) is 30.0 Å². The number of fused-ring (bicyclic) bond motifs is 1. The molecule has 1 saturated heterocycles. The van der Waals surface area contributed by atoms with Gasteiger partial charge >= 0.3 is 0 Å². The molecule has 0 saturated carbocycles. The highest BCUT2D eigenvalue weighted by Gasteiger charge is 2.35. The minimum atomic E-state index is -0.695. The van der Waals surface area contributed by atoms with Gasteiger partial charge in [-0.15, -0.1) is 0 Å². The van der Waals surface area contributed by atoms with Crippen LogP contribution in [0.2, 0.25) is 0 Å². The van der Waals surface area contributed by atoms with E-state index in [1.807, 2.05) is 13.1 Å². The summed E-state index contributed by atoms with van der Waals surface area (Å²) in [6.45, 7) is 4.37. The van der Waals surface area contributed by atoms with Gasteiger partial charge in [0.2, 0.25) is 0 Å². The van der Waals surface area contributed by atoms with Crippen molar-refractivity contribution in [2.45, 2.75) is 57.2 Å². The van der Waals surface area contributed by atoms with Crippen LogP contribution >= 0.6 is 0 Å². The van der Waals surface area contributed by atoms with Crippen LogP contribution < -0.4 is 5.32 Å². The van der Waals surface area contributed by atoms with Crippen LogP contribution in [-0.4, -0.2) is 39.5 Å². The van der Waals surface area contributed by atoms with Crippen molar-refractivity contribution in [3.63, 3.8) is 0 Å². The number of nitrogens with one attached hydrogen (secondary N) is 1. The van der Waals surface area contributed by atoms with Crippen LogP contribution in [0.15, 0.2) is 30.5 Å². The molecular formula is C20H27N3O2. The quantitative estimate of drug-likeness (QED) is 0.896. The average Bonchev–Trinajstić information content (AvgIpc) is 3.07. The molecular weight excluding hydrogens is 314 g/mol. The van der Waals surface area contributed by atoms with Gasteiger partial charge in [-0.3, -0.25) is 0 Å². The summed E-state index contributed by atoms with van der Waals surface area (Å²) in [4.78, 5) is 4.63. The van der Waals surface area contributed by atoms with Crippen LogP contribution in [0.4, 0.5) is 5.69 Å². The zero-order valence-electron chi connectivity index (χ0n) is 14.9. The number of nitrogens with zero attached hydrogens (tertiary/aromatic N) is 2. The monoisotopic (exact) mass is 341 g/mol. The number of hydrogen-bond acceptors (Lipinski definition) is 4. The Bertz CT molecular complexity index is 717. The van der Waals surface area contributed by atoms with Gasteiger partial charge in [-0.25, -0.2) is 4.98 Å². The highest BCUT2D eigenvalue weighted by atomic mass is 16.5. The van der Waals surface area contributed by atoms with Crippen molar-refractivity contribution in [1.29, 1.82) is 0 Å². The van der Waals surface area contributed by atoms with E-state index >= 15 is 0 Å². The molecule has 3 heterocycles. The summed E-state index contributed by atoms with van der Waals surface area (Å²) in [6, 6.07) is 8.39. The lowest BCUT2D eigenvalue weighted by Crippen LogP contribution is -2.49. The van der Waals surface area contributed by atoms with Crippen molar-refractivity contribution in [2.75, 3.05) is 18.5 Å². The van der Waals surface area contributed by atoms with Crippen LogP contribution in [0.3, 0.4) is 0 Å². The first-order valence-corrected chi connectivity index (χ1v) is 9.37.